The summed E-state index contributed by atoms with van der Waals surface area (Å²) in [5.41, 5.74) is 8.49. The van der Waals surface area contributed by atoms with Crippen LogP contribution in [0.5, 0.6) is 28.7 Å². The van der Waals surface area contributed by atoms with Crippen LogP contribution in [-0.4, -0.2) is 19.7 Å². The second kappa shape index (κ2) is 13.2. The predicted molar refractivity (Wildman–Crippen MR) is 162 cm³/mol. The number of nitrogens with two attached hydrogens (primary N) is 1. The number of halogens is 3. The second-order valence-electron chi connectivity index (χ2n) is 9.28. The lowest BCUT2D eigenvalue weighted by Crippen LogP contribution is -2.21. The lowest BCUT2D eigenvalue weighted by atomic mass is 9.83. The van der Waals surface area contributed by atoms with Gasteiger partial charge in [-0.2, -0.15) is 5.26 Å². The Labute approximate surface area is 262 Å². The van der Waals surface area contributed by atoms with Crippen LogP contribution in [0.15, 0.2) is 90.3 Å². The van der Waals surface area contributed by atoms with E-state index in [4.69, 9.17) is 64.2 Å². The van der Waals surface area contributed by atoms with Gasteiger partial charge in [0.25, 0.3) is 0 Å². The van der Waals surface area contributed by atoms with E-state index in [0.717, 1.165) is 5.56 Å². The number of nitrogens with zero attached hydrogens (tertiary/aromatic N) is 1. The summed E-state index contributed by atoms with van der Waals surface area (Å²) in [6.45, 7) is -0.129. The largest absolute Gasteiger partial charge is 0.493 e. The normalized spacial score (nSPS) is 13.8. The summed E-state index contributed by atoms with van der Waals surface area (Å²) in [6.07, 6.45) is 0. The second-order valence-corrected chi connectivity index (χ2v) is 10.6. The maximum absolute atomic E-state index is 12.4. The van der Waals surface area contributed by atoms with Crippen LogP contribution in [0.2, 0.25) is 15.1 Å². The van der Waals surface area contributed by atoms with Crippen molar-refractivity contribution in [1.29, 1.82) is 5.26 Å². The minimum atomic E-state index is -0.622. The van der Waals surface area contributed by atoms with Crippen LogP contribution in [-0.2, 0) is 11.4 Å². The van der Waals surface area contributed by atoms with Crippen LogP contribution >= 0.6 is 34.8 Å². The zero-order chi connectivity index (χ0) is 30.5. The monoisotopic (exact) mass is 636 g/mol. The van der Waals surface area contributed by atoms with Crippen LogP contribution < -0.4 is 29.4 Å². The third-order valence-corrected chi connectivity index (χ3v) is 7.35. The van der Waals surface area contributed by atoms with Gasteiger partial charge in [0.15, 0.2) is 18.1 Å². The van der Waals surface area contributed by atoms with E-state index in [1.54, 1.807) is 66.7 Å². The van der Waals surface area contributed by atoms with Crippen LogP contribution in [0.25, 0.3) is 0 Å². The Morgan fingerprint density at radius 1 is 0.907 bits per heavy atom. The number of ether oxygens (including phenoxy) is 5. The summed E-state index contributed by atoms with van der Waals surface area (Å²) >= 11 is 18.1. The molecule has 5 rings (SSSR count). The van der Waals surface area contributed by atoms with Crippen molar-refractivity contribution in [3.05, 3.63) is 122 Å². The van der Waals surface area contributed by atoms with Gasteiger partial charge in [-0.1, -0.05) is 53.0 Å². The van der Waals surface area contributed by atoms with Crippen molar-refractivity contribution >= 4 is 40.8 Å². The van der Waals surface area contributed by atoms with Crippen molar-refractivity contribution in [2.75, 3.05) is 13.7 Å². The molecule has 1 heterocycles. The van der Waals surface area contributed by atoms with E-state index in [1.807, 2.05) is 6.07 Å². The summed E-state index contributed by atoms with van der Waals surface area (Å²) in [5, 5.41) is 11.5. The molecule has 1 atom stereocenters. The highest BCUT2D eigenvalue weighted by molar-refractivity contribution is 6.35. The smallest absolute Gasteiger partial charge is 0.349 e. The quantitative estimate of drug-likeness (QED) is 0.149. The number of carbonyl (C=O) groups is 1. The lowest BCUT2D eigenvalue weighted by molar-refractivity contribution is -0.136. The molecule has 4 aromatic carbocycles. The minimum absolute atomic E-state index is 0.0637. The zero-order valence-corrected chi connectivity index (χ0v) is 24.9. The van der Waals surface area contributed by atoms with E-state index >= 15 is 0 Å². The van der Waals surface area contributed by atoms with E-state index < -0.39 is 11.9 Å². The summed E-state index contributed by atoms with van der Waals surface area (Å²) < 4.78 is 28.2. The van der Waals surface area contributed by atoms with Crippen LogP contribution in [0.3, 0.4) is 0 Å². The molecule has 43 heavy (non-hydrogen) atoms. The van der Waals surface area contributed by atoms with Gasteiger partial charge in [-0.15, -0.1) is 0 Å². The van der Waals surface area contributed by atoms with Gasteiger partial charge in [0.1, 0.15) is 35.5 Å². The minimum Gasteiger partial charge on any atom is -0.493 e. The predicted octanol–water partition coefficient (Wildman–Crippen LogP) is 7.44. The van der Waals surface area contributed by atoms with Crippen molar-refractivity contribution in [1.82, 2.24) is 0 Å². The molecule has 0 bridgehead atoms. The third kappa shape index (κ3) is 6.92. The number of carbonyl (C=O) groups excluding carboxylic acids is 1. The van der Waals surface area contributed by atoms with Gasteiger partial charge < -0.3 is 29.4 Å². The first-order valence-corrected chi connectivity index (χ1v) is 13.9. The van der Waals surface area contributed by atoms with Crippen LogP contribution in [0.1, 0.15) is 22.6 Å². The van der Waals surface area contributed by atoms with E-state index in [0.29, 0.717) is 49.2 Å². The van der Waals surface area contributed by atoms with Crippen molar-refractivity contribution in [3.8, 4) is 34.8 Å². The first-order valence-electron chi connectivity index (χ1n) is 12.8. The van der Waals surface area contributed by atoms with Gasteiger partial charge >= 0.3 is 5.97 Å². The highest BCUT2D eigenvalue weighted by atomic mass is 35.5. The first-order chi connectivity index (χ1) is 20.7. The third-order valence-electron chi connectivity index (χ3n) is 6.51. The maximum atomic E-state index is 12.4. The standard InChI is InChI=1S/C32H23Cl3N2O6/c1-39-29-12-18(3-11-27(29)41-16-19-2-4-21(34)13-26(19)35)31-24-10-9-23(14-28(24)43-32(37)25(31)15-36)42-30(38)17-40-22-7-5-20(33)6-8-22/h2-14,31H,16-17,37H2,1H3. The van der Waals surface area contributed by atoms with Crippen molar-refractivity contribution in [2.24, 2.45) is 5.73 Å². The number of hydrogen-bond acceptors (Lipinski definition) is 8. The Balaban J connectivity index is 1.35. The zero-order valence-electron chi connectivity index (χ0n) is 22.6. The molecule has 1 unspecified atom stereocenters. The summed E-state index contributed by atoms with van der Waals surface area (Å²) in [5.74, 6) is 0.677. The maximum Gasteiger partial charge on any atom is 0.349 e. The highest BCUT2D eigenvalue weighted by Crippen LogP contribution is 2.45. The molecule has 0 saturated carbocycles. The van der Waals surface area contributed by atoms with Gasteiger partial charge in [-0.05, 0) is 60.2 Å². The van der Waals surface area contributed by atoms with E-state index in [9.17, 15) is 10.1 Å². The van der Waals surface area contributed by atoms with Crippen molar-refractivity contribution < 1.29 is 28.5 Å². The topological polar surface area (TPSA) is 113 Å². The molecule has 8 nitrogen and oxygen atoms in total. The van der Waals surface area contributed by atoms with Gasteiger partial charge in [0.2, 0.25) is 5.88 Å². The molecule has 11 heteroatoms. The van der Waals surface area contributed by atoms with Crippen LogP contribution in [0, 0.1) is 11.3 Å². The van der Waals surface area contributed by atoms with E-state index in [1.165, 1.54) is 13.2 Å². The molecular formula is C32H23Cl3N2O6. The molecule has 0 aromatic heterocycles. The number of hydrogen-bond donors (Lipinski definition) is 1. The summed E-state index contributed by atoms with van der Waals surface area (Å²) in [6, 6.07) is 24.1. The van der Waals surface area contributed by atoms with E-state index in [-0.39, 0.29) is 30.4 Å². The number of fused-ring (bicyclic) bond motifs is 1. The number of nitriles is 1. The Kier molecular flexibility index (Phi) is 9.17. The van der Waals surface area contributed by atoms with E-state index in [2.05, 4.69) is 6.07 Å². The molecule has 1 aliphatic heterocycles. The van der Waals surface area contributed by atoms with Gasteiger partial charge in [0, 0.05) is 32.3 Å². The fourth-order valence-corrected chi connectivity index (χ4v) is 5.04. The molecule has 0 radical (unpaired) electrons. The summed E-state index contributed by atoms with van der Waals surface area (Å²) in [7, 11) is 1.52. The fraction of sp³-hybridized carbons (Fsp3) is 0.125. The molecule has 0 saturated heterocycles. The Hall–Kier alpha value is -4.55. The Bertz CT molecular complexity index is 1750. The molecule has 218 valence electrons. The molecule has 0 spiro atoms. The summed E-state index contributed by atoms with van der Waals surface area (Å²) in [4.78, 5) is 12.4. The molecule has 2 N–H and O–H groups in total. The lowest BCUT2D eigenvalue weighted by Gasteiger charge is -2.27. The molecule has 0 aliphatic carbocycles. The molecule has 0 amide bonds. The Morgan fingerprint density at radius 3 is 2.37 bits per heavy atom. The average Bonchev–Trinajstić information content (AvgIpc) is 2.99. The number of rotatable bonds is 9. The molecular weight excluding hydrogens is 615 g/mol. The van der Waals surface area contributed by atoms with Crippen molar-refractivity contribution in [2.45, 2.75) is 12.5 Å². The number of benzene rings is 4. The molecule has 4 aromatic rings. The number of allylic oxidation sites excluding steroid dienone is 1. The van der Waals surface area contributed by atoms with Crippen molar-refractivity contribution in [3.63, 3.8) is 0 Å². The highest BCUT2D eigenvalue weighted by Gasteiger charge is 2.32. The fourth-order valence-electron chi connectivity index (χ4n) is 4.45. The molecule has 1 aliphatic rings. The SMILES string of the molecule is COc1cc(C2C(C#N)=C(N)Oc3cc(OC(=O)COc4ccc(Cl)cc4)ccc32)ccc1OCc1ccc(Cl)cc1Cl. The van der Waals surface area contributed by atoms with Gasteiger partial charge in [-0.3, -0.25) is 0 Å². The first kappa shape index (κ1) is 29.9. The van der Waals surface area contributed by atoms with Gasteiger partial charge in [0.05, 0.1) is 13.0 Å². The average molecular weight is 638 g/mol. The van der Waals surface area contributed by atoms with Crippen LogP contribution in [0.4, 0.5) is 0 Å². The molecule has 0 fully saturated rings. The Morgan fingerprint density at radius 2 is 1.65 bits per heavy atom. The number of esters is 1. The number of methoxy groups -OCH3 is 1. The van der Waals surface area contributed by atoms with Gasteiger partial charge in [-0.25, -0.2) is 4.79 Å².